The minimum Gasteiger partial charge on any atom is -0.336 e. The zero-order chi connectivity index (χ0) is 19.5. The van der Waals surface area contributed by atoms with E-state index in [0.29, 0.717) is 5.56 Å². The molecule has 3 aromatic rings. The van der Waals surface area contributed by atoms with E-state index in [2.05, 4.69) is 70.7 Å². The molecule has 144 valence electrons. The van der Waals surface area contributed by atoms with Gasteiger partial charge in [0, 0.05) is 39.4 Å². The number of nitrogens with zero attached hydrogens (tertiary/aromatic N) is 4. The van der Waals surface area contributed by atoms with Crippen LogP contribution in [0.1, 0.15) is 33.2 Å². The van der Waals surface area contributed by atoms with E-state index in [4.69, 9.17) is 0 Å². The fourth-order valence-electron chi connectivity index (χ4n) is 4.05. The number of rotatable bonds is 4. The lowest BCUT2D eigenvalue weighted by molar-refractivity contribution is 0.0596. The maximum Gasteiger partial charge on any atom is 0.257 e. The SMILES string of the molecule is Cc1nn(C)cc1C(=O)N1CCN(C(c2ccccc2)c2ccccc2)CC1. The molecule has 0 N–H and O–H groups in total. The standard InChI is InChI=1S/C23H26N4O/c1-18-21(17-25(2)24-18)23(28)27-15-13-26(14-16-27)22(19-9-5-3-6-10-19)20-11-7-4-8-12-20/h3-12,17,22H,13-16H2,1-2H3. The maximum atomic E-state index is 12.9. The molecule has 1 aromatic heterocycles. The molecule has 0 atom stereocenters. The van der Waals surface area contributed by atoms with Gasteiger partial charge in [-0.2, -0.15) is 5.10 Å². The second-order valence-electron chi connectivity index (χ2n) is 7.35. The van der Waals surface area contributed by atoms with Crippen molar-refractivity contribution in [2.45, 2.75) is 13.0 Å². The quantitative estimate of drug-likeness (QED) is 0.704. The summed E-state index contributed by atoms with van der Waals surface area (Å²) >= 11 is 0. The van der Waals surface area contributed by atoms with E-state index in [1.54, 1.807) is 4.68 Å². The van der Waals surface area contributed by atoms with Crippen molar-refractivity contribution in [3.63, 3.8) is 0 Å². The highest BCUT2D eigenvalue weighted by Crippen LogP contribution is 2.29. The van der Waals surface area contributed by atoms with Crippen LogP contribution in [0.15, 0.2) is 66.9 Å². The molecule has 5 heteroatoms. The van der Waals surface area contributed by atoms with Crippen molar-refractivity contribution < 1.29 is 4.79 Å². The van der Waals surface area contributed by atoms with Crippen molar-refractivity contribution in [2.75, 3.05) is 26.2 Å². The first kappa shape index (κ1) is 18.4. The summed E-state index contributed by atoms with van der Waals surface area (Å²) in [6.07, 6.45) is 1.82. The molecule has 1 aliphatic heterocycles. The Morgan fingerprint density at radius 1 is 0.893 bits per heavy atom. The fraction of sp³-hybridized carbons (Fsp3) is 0.304. The number of carbonyl (C=O) groups excluding carboxylic acids is 1. The second kappa shape index (κ2) is 7.98. The van der Waals surface area contributed by atoms with Crippen LogP contribution in [-0.2, 0) is 7.05 Å². The zero-order valence-corrected chi connectivity index (χ0v) is 16.5. The molecule has 0 aliphatic carbocycles. The Balaban J connectivity index is 1.52. The van der Waals surface area contributed by atoms with Gasteiger partial charge in [0.15, 0.2) is 0 Å². The average Bonchev–Trinajstić information content (AvgIpc) is 3.08. The molecule has 0 radical (unpaired) electrons. The molecular formula is C23H26N4O. The summed E-state index contributed by atoms with van der Waals surface area (Å²) in [5, 5.41) is 4.31. The van der Waals surface area contributed by atoms with Crippen LogP contribution in [0.2, 0.25) is 0 Å². The highest BCUT2D eigenvalue weighted by atomic mass is 16.2. The van der Waals surface area contributed by atoms with Gasteiger partial charge in [-0.3, -0.25) is 14.4 Å². The highest BCUT2D eigenvalue weighted by Gasteiger charge is 2.29. The Bertz CT molecular complexity index is 888. The third kappa shape index (κ3) is 3.71. The summed E-state index contributed by atoms with van der Waals surface area (Å²) < 4.78 is 1.71. The van der Waals surface area contributed by atoms with Crippen LogP contribution in [0.25, 0.3) is 0 Å². The van der Waals surface area contributed by atoms with E-state index >= 15 is 0 Å². The predicted octanol–water partition coefficient (Wildman–Crippen LogP) is 3.28. The summed E-state index contributed by atoms with van der Waals surface area (Å²) in [6.45, 7) is 5.04. The highest BCUT2D eigenvalue weighted by molar-refractivity contribution is 5.95. The monoisotopic (exact) mass is 374 g/mol. The molecule has 0 unspecified atom stereocenters. The van der Waals surface area contributed by atoms with Gasteiger partial charge in [0.1, 0.15) is 0 Å². The van der Waals surface area contributed by atoms with Gasteiger partial charge in [-0.1, -0.05) is 60.7 Å². The number of piperazine rings is 1. The van der Waals surface area contributed by atoms with Crippen molar-refractivity contribution in [1.29, 1.82) is 0 Å². The molecule has 2 heterocycles. The van der Waals surface area contributed by atoms with E-state index in [9.17, 15) is 4.79 Å². The smallest absolute Gasteiger partial charge is 0.257 e. The number of aromatic nitrogens is 2. The summed E-state index contributed by atoms with van der Waals surface area (Å²) in [5.74, 6) is 0.0845. The molecule has 5 nitrogen and oxygen atoms in total. The Morgan fingerprint density at radius 2 is 1.43 bits per heavy atom. The third-order valence-electron chi connectivity index (χ3n) is 5.44. The molecule has 1 amide bonds. The van der Waals surface area contributed by atoms with E-state index in [1.807, 2.05) is 25.1 Å². The molecule has 1 fully saturated rings. The number of aryl methyl sites for hydroxylation is 2. The van der Waals surface area contributed by atoms with Gasteiger partial charge in [0.25, 0.3) is 5.91 Å². The molecule has 28 heavy (non-hydrogen) atoms. The van der Waals surface area contributed by atoms with Gasteiger partial charge >= 0.3 is 0 Å². The number of hydrogen-bond donors (Lipinski definition) is 0. The zero-order valence-electron chi connectivity index (χ0n) is 16.5. The number of hydrogen-bond acceptors (Lipinski definition) is 3. The lowest BCUT2D eigenvalue weighted by Crippen LogP contribution is -2.49. The lowest BCUT2D eigenvalue weighted by atomic mass is 9.96. The van der Waals surface area contributed by atoms with Gasteiger partial charge in [0.2, 0.25) is 0 Å². The molecule has 4 rings (SSSR count). The van der Waals surface area contributed by atoms with Gasteiger partial charge in [-0.15, -0.1) is 0 Å². The van der Waals surface area contributed by atoms with Crippen molar-refractivity contribution in [1.82, 2.24) is 19.6 Å². The molecule has 0 spiro atoms. The Morgan fingerprint density at radius 3 is 1.89 bits per heavy atom. The largest absolute Gasteiger partial charge is 0.336 e. The van der Waals surface area contributed by atoms with Gasteiger partial charge in [-0.05, 0) is 18.1 Å². The molecule has 0 bridgehead atoms. The summed E-state index contributed by atoms with van der Waals surface area (Å²) in [6, 6.07) is 21.4. The van der Waals surface area contributed by atoms with Crippen molar-refractivity contribution in [3.05, 3.63) is 89.2 Å². The van der Waals surface area contributed by atoms with E-state index < -0.39 is 0 Å². The first-order valence-corrected chi connectivity index (χ1v) is 9.77. The first-order valence-electron chi connectivity index (χ1n) is 9.77. The Hall–Kier alpha value is -2.92. The molecule has 1 aliphatic rings. The fourth-order valence-corrected chi connectivity index (χ4v) is 4.05. The molecule has 2 aromatic carbocycles. The first-order chi connectivity index (χ1) is 13.6. The van der Waals surface area contributed by atoms with Crippen LogP contribution < -0.4 is 0 Å². The maximum absolute atomic E-state index is 12.9. The van der Waals surface area contributed by atoms with Gasteiger partial charge in [0.05, 0.1) is 17.3 Å². The minimum absolute atomic E-state index is 0.0845. The minimum atomic E-state index is 0.0845. The van der Waals surface area contributed by atoms with Crippen molar-refractivity contribution in [2.24, 2.45) is 7.05 Å². The van der Waals surface area contributed by atoms with Crippen LogP contribution in [0, 0.1) is 6.92 Å². The van der Waals surface area contributed by atoms with Gasteiger partial charge < -0.3 is 4.90 Å². The van der Waals surface area contributed by atoms with E-state index in [-0.39, 0.29) is 11.9 Å². The van der Waals surface area contributed by atoms with Crippen molar-refractivity contribution >= 4 is 5.91 Å². The Labute approximate surface area is 166 Å². The summed E-state index contributed by atoms with van der Waals surface area (Å²) in [7, 11) is 1.85. The summed E-state index contributed by atoms with van der Waals surface area (Å²) in [4.78, 5) is 17.3. The van der Waals surface area contributed by atoms with Crippen LogP contribution in [-0.4, -0.2) is 51.7 Å². The van der Waals surface area contributed by atoms with Crippen LogP contribution in [0.4, 0.5) is 0 Å². The number of benzene rings is 2. The van der Waals surface area contributed by atoms with Crippen LogP contribution in [0.5, 0.6) is 0 Å². The molecule has 1 saturated heterocycles. The average molecular weight is 374 g/mol. The van der Waals surface area contributed by atoms with Crippen LogP contribution in [0.3, 0.4) is 0 Å². The molecule has 0 saturated carbocycles. The van der Waals surface area contributed by atoms with E-state index in [1.165, 1.54) is 11.1 Å². The summed E-state index contributed by atoms with van der Waals surface area (Å²) in [5.41, 5.74) is 4.08. The third-order valence-corrected chi connectivity index (χ3v) is 5.44. The number of carbonyl (C=O) groups is 1. The second-order valence-corrected chi connectivity index (χ2v) is 7.35. The normalized spacial score (nSPS) is 15.2. The number of amides is 1. The molecular weight excluding hydrogens is 348 g/mol. The van der Waals surface area contributed by atoms with Crippen molar-refractivity contribution in [3.8, 4) is 0 Å². The predicted molar refractivity (Wildman–Crippen MR) is 110 cm³/mol. The topological polar surface area (TPSA) is 41.4 Å². The van der Waals surface area contributed by atoms with Gasteiger partial charge in [-0.25, -0.2) is 0 Å². The Kier molecular flexibility index (Phi) is 5.26. The van der Waals surface area contributed by atoms with E-state index in [0.717, 1.165) is 31.9 Å². The lowest BCUT2D eigenvalue weighted by Gasteiger charge is -2.39. The van der Waals surface area contributed by atoms with Crippen LogP contribution >= 0.6 is 0 Å².